The maximum Gasteiger partial charge on any atom is 0.586 e. The van der Waals surface area contributed by atoms with E-state index in [0.717, 1.165) is 4.68 Å². The number of carbonyl (C=O) groups excluding carboxylic acids is 1. The number of hydrogen-bond donors (Lipinski definition) is 1. The molecule has 1 aliphatic heterocycles. The van der Waals surface area contributed by atoms with E-state index in [4.69, 9.17) is 4.74 Å². The smallest absolute Gasteiger partial charge is 0.492 e. The van der Waals surface area contributed by atoms with Gasteiger partial charge in [-0.3, -0.25) is 9.59 Å². The molecule has 1 aromatic heterocycles. The van der Waals surface area contributed by atoms with Gasteiger partial charge in [-0.05, 0) is 30.3 Å². The second kappa shape index (κ2) is 7.82. The van der Waals surface area contributed by atoms with Crippen molar-refractivity contribution in [2.75, 3.05) is 11.9 Å². The number of amides is 1. The first-order chi connectivity index (χ1) is 14.4. The highest BCUT2D eigenvalue weighted by molar-refractivity contribution is 6.02. The molecule has 2 aromatic carbocycles. The summed E-state index contributed by atoms with van der Waals surface area (Å²) in [6.45, 7) is 0.312. The number of alkyl halides is 2. The highest BCUT2D eigenvalue weighted by Gasteiger charge is 2.43. The van der Waals surface area contributed by atoms with E-state index < -0.39 is 17.8 Å². The molecule has 1 amide bonds. The number of rotatable bonds is 6. The quantitative estimate of drug-likeness (QED) is 0.666. The zero-order valence-corrected chi connectivity index (χ0v) is 15.4. The van der Waals surface area contributed by atoms with E-state index in [9.17, 15) is 18.4 Å². The van der Waals surface area contributed by atoms with Crippen molar-refractivity contribution >= 4 is 11.6 Å². The zero-order valence-electron chi connectivity index (χ0n) is 15.4. The van der Waals surface area contributed by atoms with E-state index in [2.05, 4.69) is 19.9 Å². The van der Waals surface area contributed by atoms with Gasteiger partial charge < -0.3 is 19.5 Å². The third-order valence-corrected chi connectivity index (χ3v) is 4.07. The van der Waals surface area contributed by atoms with Gasteiger partial charge in [0.1, 0.15) is 18.1 Å². The molecule has 8 nitrogen and oxygen atoms in total. The highest BCUT2D eigenvalue weighted by Crippen LogP contribution is 2.42. The summed E-state index contributed by atoms with van der Waals surface area (Å²) in [6, 6.07) is 15.4. The van der Waals surface area contributed by atoms with E-state index in [1.54, 1.807) is 12.1 Å². The van der Waals surface area contributed by atoms with Crippen molar-refractivity contribution in [1.82, 2.24) is 9.78 Å². The molecule has 4 rings (SSSR count). The Kier molecular flexibility index (Phi) is 5.05. The fraction of sp³-hybridized carbons (Fsp3) is 0.150. The lowest BCUT2D eigenvalue weighted by atomic mass is 10.2. The minimum absolute atomic E-state index is 0.0303. The Morgan fingerprint density at radius 2 is 1.83 bits per heavy atom. The van der Waals surface area contributed by atoms with E-state index in [-0.39, 0.29) is 36.0 Å². The summed E-state index contributed by atoms with van der Waals surface area (Å²) >= 11 is 0. The van der Waals surface area contributed by atoms with Crippen LogP contribution in [0, 0.1) is 0 Å². The Morgan fingerprint density at radius 1 is 1.07 bits per heavy atom. The molecule has 2 heterocycles. The van der Waals surface area contributed by atoms with Crippen LogP contribution in [0.3, 0.4) is 0 Å². The molecule has 0 unspecified atom stereocenters. The molecule has 10 heteroatoms. The summed E-state index contributed by atoms with van der Waals surface area (Å²) in [5.41, 5.74) is -0.224. The molecule has 0 spiro atoms. The van der Waals surface area contributed by atoms with E-state index >= 15 is 0 Å². The van der Waals surface area contributed by atoms with Crippen LogP contribution in [0.2, 0.25) is 0 Å². The zero-order chi connectivity index (χ0) is 21.1. The van der Waals surface area contributed by atoms with Gasteiger partial charge in [-0.15, -0.1) is 8.78 Å². The number of anilines is 1. The van der Waals surface area contributed by atoms with E-state index in [0.29, 0.717) is 5.75 Å². The van der Waals surface area contributed by atoms with Crippen LogP contribution in [0.15, 0.2) is 65.5 Å². The summed E-state index contributed by atoms with van der Waals surface area (Å²) in [6.07, 6.45) is -3.75. The van der Waals surface area contributed by atoms with Gasteiger partial charge in [-0.25, -0.2) is 4.68 Å². The molecule has 0 aliphatic carbocycles. The van der Waals surface area contributed by atoms with Crippen molar-refractivity contribution in [3.8, 4) is 17.2 Å². The third kappa shape index (κ3) is 4.37. The van der Waals surface area contributed by atoms with E-state index in [1.165, 1.54) is 30.3 Å². The monoisotopic (exact) mass is 415 g/mol. The first-order valence-corrected chi connectivity index (χ1v) is 8.87. The van der Waals surface area contributed by atoms with Gasteiger partial charge in [0, 0.05) is 17.8 Å². The maximum absolute atomic E-state index is 13.1. The number of halogens is 2. The van der Waals surface area contributed by atoms with Crippen molar-refractivity contribution < 1.29 is 27.8 Å². The van der Waals surface area contributed by atoms with Crippen LogP contribution in [-0.2, 0) is 6.54 Å². The summed E-state index contributed by atoms with van der Waals surface area (Å²) in [5, 5.41) is 6.55. The third-order valence-electron chi connectivity index (χ3n) is 4.07. The molecule has 0 saturated heterocycles. The lowest BCUT2D eigenvalue weighted by molar-refractivity contribution is -0.286. The van der Waals surface area contributed by atoms with Crippen molar-refractivity contribution in [3.05, 3.63) is 76.7 Å². The first-order valence-electron chi connectivity index (χ1n) is 8.87. The molecule has 0 atom stereocenters. The maximum atomic E-state index is 13.1. The lowest BCUT2D eigenvalue weighted by Crippen LogP contribution is -2.28. The van der Waals surface area contributed by atoms with Gasteiger partial charge in [-0.2, -0.15) is 5.10 Å². The highest BCUT2D eigenvalue weighted by atomic mass is 19.3. The van der Waals surface area contributed by atoms with Crippen molar-refractivity contribution in [1.29, 1.82) is 0 Å². The topological polar surface area (TPSA) is 91.7 Å². The number of para-hydroxylation sites is 1. The predicted molar refractivity (Wildman–Crippen MR) is 101 cm³/mol. The van der Waals surface area contributed by atoms with Crippen molar-refractivity contribution in [3.63, 3.8) is 0 Å². The Labute approximate surface area is 168 Å². The average molecular weight is 415 g/mol. The van der Waals surface area contributed by atoms with Gasteiger partial charge in [-0.1, -0.05) is 18.2 Å². The van der Waals surface area contributed by atoms with Gasteiger partial charge in [0.25, 0.3) is 11.5 Å². The largest absolute Gasteiger partial charge is 0.586 e. The number of nitrogens with one attached hydrogen (secondary N) is 1. The van der Waals surface area contributed by atoms with Crippen molar-refractivity contribution in [2.24, 2.45) is 0 Å². The molecule has 154 valence electrons. The molecule has 3 aromatic rings. The van der Waals surface area contributed by atoms with Gasteiger partial charge in [0.05, 0.1) is 6.54 Å². The average Bonchev–Trinajstić information content (AvgIpc) is 3.03. The SMILES string of the molecule is O=C(Nc1ccc2c(c1)OC(F)(F)O2)c1ccc(=O)n(CCOc2ccccc2)n1. The summed E-state index contributed by atoms with van der Waals surface area (Å²) in [7, 11) is 0. The number of ether oxygens (including phenoxy) is 3. The molecule has 0 saturated carbocycles. The van der Waals surface area contributed by atoms with Crippen LogP contribution in [-0.4, -0.2) is 28.6 Å². The molecule has 0 bridgehead atoms. The summed E-state index contributed by atoms with van der Waals surface area (Å²) < 4.78 is 41.5. The second-order valence-electron chi connectivity index (χ2n) is 6.22. The number of fused-ring (bicyclic) bond motifs is 1. The predicted octanol–water partition coefficient (Wildman–Crippen LogP) is 2.90. The minimum Gasteiger partial charge on any atom is -0.492 e. The Hall–Kier alpha value is -3.95. The molecule has 0 radical (unpaired) electrons. The number of benzene rings is 2. The van der Waals surface area contributed by atoms with E-state index in [1.807, 2.05) is 18.2 Å². The minimum atomic E-state index is -3.75. The van der Waals surface area contributed by atoms with Crippen LogP contribution >= 0.6 is 0 Å². The van der Waals surface area contributed by atoms with Gasteiger partial charge in [0.2, 0.25) is 0 Å². The number of aromatic nitrogens is 2. The number of carbonyl (C=O) groups is 1. The summed E-state index contributed by atoms with van der Waals surface area (Å²) in [5.74, 6) is -0.317. The summed E-state index contributed by atoms with van der Waals surface area (Å²) in [4.78, 5) is 24.5. The van der Waals surface area contributed by atoms with Crippen LogP contribution in [0.5, 0.6) is 17.2 Å². The number of hydrogen-bond acceptors (Lipinski definition) is 6. The van der Waals surface area contributed by atoms with Gasteiger partial charge in [0.15, 0.2) is 11.5 Å². The molecule has 1 N–H and O–H groups in total. The van der Waals surface area contributed by atoms with Crippen LogP contribution in [0.25, 0.3) is 0 Å². The van der Waals surface area contributed by atoms with Crippen LogP contribution in [0.1, 0.15) is 10.5 Å². The molecule has 1 aliphatic rings. The standard InChI is InChI=1S/C20H15F2N3O5/c21-20(22)29-16-8-6-13(12-17(16)30-20)23-19(27)15-7-9-18(26)25(24-15)10-11-28-14-4-2-1-3-5-14/h1-9,12H,10-11H2,(H,23,27). The van der Waals surface area contributed by atoms with Crippen molar-refractivity contribution in [2.45, 2.75) is 12.8 Å². The van der Waals surface area contributed by atoms with Gasteiger partial charge >= 0.3 is 6.29 Å². The normalized spacial score (nSPS) is 13.7. The fourth-order valence-electron chi connectivity index (χ4n) is 2.72. The molecule has 30 heavy (non-hydrogen) atoms. The molecular weight excluding hydrogens is 400 g/mol. The Bertz CT molecular complexity index is 1130. The molecule has 0 fully saturated rings. The first kappa shape index (κ1) is 19.4. The lowest BCUT2D eigenvalue weighted by Gasteiger charge is -2.09. The Balaban J connectivity index is 1.42. The van der Waals surface area contributed by atoms with Crippen LogP contribution < -0.4 is 25.1 Å². The fourth-order valence-corrected chi connectivity index (χ4v) is 2.72. The Morgan fingerprint density at radius 3 is 2.63 bits per heavy atom. The molecular formula is C20H15F2N3O5. The number of nitrogens with zero attached hydrogens (tertiary/aromatic N) is 2. The van der Waals surface area contributed by atoms with Crippen LogP contribution in [0.4, 0.5) is 14.5 Å². The second-order valence-corrected chi connectivity index (χ2v) is 6.22.